The first kappa shape index (κ1) is 19.1. The maximum atomic E-state index is 13.5. The number of rotatable bonds is 4. The van der Waals surface area contributed by atoms with Crippen molar-refractivity contribution in [1.82, 2.24) is 10.2 Å². The van der Waals surface area contributed by atoms with Crippen LogP contribution in [0.1, 0.15) is 49.4 Å². The standard InChI is InChI=1S/C22H28N2O4/c1-14-7-9-15(10-8-14)19(23-21(26)16-5-3-2-4-6-16)22(27)24-12-11-18-20(24)17(25)13-28-18/h2-6,14-15,18-20H,7-13H2,1H3,(H,23,26)/t14-,15-,18-,19?,20-/m1/s1. The van der Waals surface area contributed by atoms with Crippen LogP contribution in [0.2, 0.25) is 0 Å². The van der Waals surface area contributed by atoms with Crippen molar-refractivity contribution < 1.29 is 19.1 Å². The highest BCUT2D eigenvalue weighted by molar-refractivity contribution is 5.99. The predicted octanol–water partition coefficient (Wildman–Crippen LogP) is 2.18. The highest BCUT2D eigenvalue weighted by Crippen LogP contribution is 2.33. The summed E-state index contributed by atoms with van der Waals surface area (Å²) in [5.41, 5.74) is 0.545. The summed E-state index contributed by atoms with van der Waals surface area (Å²) in [5.74, 6) is 0.365. The van der Waals surface area contributed by atoms with Gasteiger partial charge < -0.3 is 15.0 Å². The average Bonchev–Trinajstić information content (AvgIpc) is 3.30. The summed E-state index contributed by atoms with van der Waals surface area (Å²) in [6, 6.07) is 7.91. The molecule has 1 unspecified atom stereocenters. The monoisotopic (exact) mass is 384 g/mol. The van der Waals surface area contributed by atoms with E-state index in [1.54, 1.807) is 17.0 Å². The first-order valence-corrected chi connectivity index (χ1v) is 10.4. The summed E-state index contributed by atoms with van der Waals surface area (Å²) in [6.45, 7) is 2.83. The molecule has 2 heterocycles. The summed E-state index contributed by atoms with van der Waals surface area (Å²) >= 11 is 0. The van der Waals surface area contributed by atoms with Crippen LogP contribution < -0.4 is 5.32 Å². The summed E-state index contributed by atoms with van der Waals surface area (Å²) in [7, 11) is 0. The number of fused-ring (bicyclic) bond motifs is 1. The van der Waals surface area contributed by atoms with Gasteiger partial charge in [0.1, 0.15) is 18.7 Å². The van der Waals surface area contributed by atoms with E-state index in [1.807, 2.05) is 18.2 Å². The molecule has 2 amide bonds. The lowest BCUT2D eigenvalue weighted by atomic mass is 9.78. The number of hydrogen-bond donors (Lipinski definition) is 1. The Hall–Kier alpha value is -2.21. The van der Waals surface area contributed by atoms with Gasteiger partial charge in [-0.15, -0.1) is 0 Å². The molecule has 6 nitrogen and oxygen atoms in total. The number of carbonyl (C=O) groups is 3. The van der Waals surface area contributed by atoms with Crippen LogP contribution in [0.25, 0.3) is 0 Å². The van der Waals surface area contributed by atoms with Crippen LogP contribution in [0.3, 0.4) is 0 Å². The summed E-state index contributed by atoms with van der Waals surface area (Å²) in [5, 5.41) is 3.01. The Labute approximate surface area is 165 Å². The van der Waals surface area contributed by atoms with Crippen LogP contribution in [0.4, 0.5) is 0 Å². The second kappa shape index (κ2) is 8.03. The Bertz CT molecular complexity index is 742. The van der Waals surface area contributed by atoms with Crippen LogP contribution in [-0.4, -0.2) is 53.8 Å². The molecule has 0 radical (unpaired) electrons. The number of nitrogens with zero attached hydrogens (tertiary/aromatic N) is 1. The lowest BCUT2D eigenvalue weighted by molar-refractivity contribution is -0.139. The first-order chi connectivity index (χ1) is 13.5. The lowest BCUT2D eigenvalue weighted by Gasteiger charge is -2.35. The zero-order chi connectivity index (χ0) is 19.7. The summed E-state index contributed by atoms with van der Waals surface area (Å²) in [6.07, 6.45) is 4.45. The Kier molecular flexibility index (Phi) is 5.49. The third-order valence-electron chi connectivity index (χ3n) is 6.52. The maximum absolute atomic E-state index is 13.5. The normalized spacial score (nSPS) is 30.8. The molecule has 0 spiro atoms. The van der Waals surface area contributed by atoms with Gasteiger partial charge in [0.15, 0.2) is 5.78 Å². The SMILES string of the molecule is C[C@H]1CC[C@H](C(NC(=O)c2ccccc2)C(=O)N2CC[C@H]3OCC(=O)[C@H]32)CC1. The number of benzene rings is 1. The van der Waals surface area contributed by atoms with Crippen molar-refractivity contribution in [3.8, 4) is 0 Å². The predicted molar refractivity (Wildman–Crippen MR) is 104 cm³/mol. The van der Waals surface area contributed by atoms with Crippen molar-refractivity contribution in [3.63, 3.8) is 0 Å². The molecule has 1 aromatic carbocycles. The van der Waals surface area contributed by atoms with Crippen molar-refractivity contribution in [2.24, 2.45) is 11.8 Å². The Morgan fingerprint density at radius 2 is 1.82 bits per heavy atom. The molecule has 0 bridgehead atoms. The molecule has 150 valence electrons. The number of ketones is 1. The van der Waals surface area contributed by atoms with E-state index in [0.717, 1.165) is 25.7 Å². The van der Waals surface area contributed by atoms with E-state index in [1.165, 1.54) is 0 Å². The molecule has 1 aromatic rings. The topological polar surface area (TPSA) is 75.7 Å². The molecular formula is C22H28N2O4. The molecule has 6 heteroatoms. The average molecular weight is 384 g/mol. The Morgan fingerprint density at radius 1 is 1.11 bits per heavy atom. The Balaban J connectivity index is 1.55. The number of carbonyl (C=O) groups excluding carboxylic acids is 3. The molecular weight excluding hydrogens is 356 g/mol. The molecule has 2 aliphatic heterocycles. The summed E-state index contributed by atoms with van der Waals surface area (Å²) in [4.78, 5) is 40.2. The number of likely N-dealkylation sites (tertiary alicyclic amines) is 1. The smallest absolute Gasteiger partial charge is 0.251 e. The lowest BCUT2D eigenvalue weighted by Crippen LogP contribution is -2.55. The number of nitrogens with one attached hydrogen (secondary N) is 1. The number of amides is 2. The highest BCUT2D eigenvalue weighted by atomic mass is 16.5. The molecule has 28 heavy (non-hydrogen) atoms. The zero-order valence-electron chi connectivity index (χ0n) is 16.3. The largest absolute Gasteiger partial charge is 0.368 e. The van der Waals surface area contributed by atoms with Crippen molar-refractivity contribution in [1.29, 1.82) is 0 Å². The fraction of sp³-hybridized carbons (Fsp3) is 0.591. The number of Topliss-reactive ketones (excluding diaryl/α,β-unsaturated/α-hetero) is 1. The molecule has 2 saturated heterocycles. The second-order valence-corrected chi connectivity index (χ2v) is 8.42. The minimum absolute atomic E-state index is 0.0266. The molecule has 1 N–H and O–H groups in total. The van der Waals surface area contributed by atoms with Crippen LogP contribution >= 0.6 is 0 Å². The molecule has 3 atom stereocenters. The third kappa shape index (κ3) is 3.70. The van der Waals surface area contributed by atoms with Gasteiger partial charge in [0, 0.05) is 12.1 Å². The van der Waals surface area contributed by atoms with Crippen LogP contribution in [-0.2, 0) is 14.3 Å². The van der Waals surface area contributed by atoms with Gasteiger partial charge in [0.2, 0.25) is 5.91 Å². The van der Waals surface area contributed by atoms with E-state index >= 15 is 0 Å². The fourth-order valence-electron chi connectivity index (χ4n) is 4.83. The van der Waals surface area contributed by atoms with Crippen LogP contribution in [0.15, 0.2) is 30.3 Å². The van der Waals surface area contributed by atoms with Gasteiger partial charge >= 0.3 is 0 Å². The van der Waals surface area contributed by atoms with Gasteiger partial charge in [-0.2, -0.15) is 0 Å². The van der Waals surface area contributed by atoms with Gasteiger partial charge in [-0.05, 0) is 43.2 Å². The zero-order valence-corrected chi connectivity index (χ0v) is 16.3. The van der Waals surface area contributed by atoms with E-state index in [4.69, 9.17) is 4.74 Å². The van der Waals surface area contributed by atoms with Crippen molar-refractivity contribution in [3.05, 3.63) is 35.9 Å². The van der Waals surface area contributed by atoms with Crippen molar-refractivity contribution >= 4 is 17.6 Å². The molecule has 3 fully saturated rings. The van der Waals surface area contributed by atoms with E-state index < -0.39 is 12.1 Å². The molecule has 4 rings (SSSR count). The minimum Gasteiger partial charge on any atom is -0.368 e. The van der Waals surface area contributed by atoms with E-state index in [2.05, 4.69) is 12.2 Å². The van der Waals surface area contributed by atoms with Crippen LogP contribution in [0, 0.1) is 11.8 Å². The second-order valence-electron chi connectivity index (χ2n) is 8.42. The van der Waals surface area contributed by atoms with Gasteiger partial charge in [0.25, 0.3) is 5.91 Å². The van der Waals surface area contributed by atoms with Gasteiger partial charge in [0.05, 0.1) is 6.10 Å². The molecule has 1 saturated carbocycles. The van der Waals surface area contributed by atoms with Gasteiger partial charge in [-0.1, -0.05) is 38.0 Å². The van der Waals surface area contributed by atoms with Crippen molar-refractivity contribution in [2.75, 3.05) is 13.2 Å². The maximum Gasteiger partial charge on any atom is 0.251 e. The van der Waals surface area contributed by atoms with Gasteiger partial charge in [-0.25, -0.2) is 0 Å². The van der Waals surface area contributed by atoms with Crippen molar-refractivity contribution in [2.45, 2.75) is 57.2 Å². The van der Waals surface area contributed by atoms with E-state index in [-0.39, 0.29) is 36.2 Å². The number of hydrogen-bond acceptors (Lipinski definition) is 4. The summed E-state index contributed by atoms with van der Waals surface area (Å²) < 4.78 is 5.53. The first-order valence-electron chi connectivity index (χ1n) is 10.4. The Morgan fingerprint density at radius 3 is 2.54 bits per heavy atom. The molecule has 3 aliphatic rings. The van der Waals surface area contributed by atoms with E-state index in [0.29, 0.717) is 24.4 Å². The highest BCUT2D eigenvalue weighted by Gasteiger charge is 2.49. The third-order valence-corrected chi connectivity index (χ3v) is 6.52. The van der Waals surface area contributed by atoms with Crippen LogP contribution in [0.5, 0.6) is 0 Å². The minimum atomic E-state index is -0.590. The molecule has 1 aliphatic carbocycles. The quantitative estimate of drug-likeness (QED) is 0.863. The molecule has 0 aromatic heterocycles. The fourth-order valence-corrected chi connectivity index (χ4v) is 4.83. The van der Waals surface area contributed by atoms with Gasteiger partial charge in [-0.3, -0.25) is 14.4 Å². The number of ether oxygens (including phenoxy) is 1. The van der Waals surface area contributed by atoms with E-state index in [9.17, 15) is 14.4 Å².